The van der Waals surface area contributed by atoms with E-state index in [1.807, 2.05) is 65.2 Å². The lowest BCUT2D eigenvalue weighted by Gasteiger charge is -2.21. The molecule has 0 bridgehead atoms. The van der Waals surface area contributed by atoms with Crippen molar-refractivity contribution < 1.29 is 4.79 Å². The molecule has 160 valence electrons. The third-order valence-corrected chi connectivity index (χ3v) is 5.80. The Morgan fingerprint density at radius 1 is 0.969 bits per heavy atom. The lowest BCUT2D eigenvalue weighted by Crippen LogP contribution is -2.32. The van der Waals surface area contributed by atoms with Gasteiger partial charge in [-0.2, -0.15) is 0 Å². The van der Waals surface area contributed by atoms with Crippen LogP contribution in [0.25, 0.3) is 11.4 Å². The maximum Gasteiger partial charge on any atom is 0.237 e. The average Bonchev–Trinajstić information content (AvgIpc) is 3.25. The van der Waals surface area contributed by atoms with Gasteiger partial charge in [-0.15, -0.1) is 16.8 Å². The Kier molecular flexibility index (Phi) is 7.09. The fraction of sp³-hybridized carbons (Fsp3) is 0.120. The standard InChI is InChI=1S/C25H23N5OS/c1-2-17-29(22-11-7-4-8-12-22)23(31)19-32-25-28-27-24(21-13-15-26-16-14-21)30(25)18-20-9-5-3-6-10-20/h2-16H,1,17-19H2. The maximum atomic E-state index is 13.0. The number of hydrogen-bond acceptors (Lipinski definition) is 5. The van der Waals surface area contributed by atoms with Crippen LogP contribution in [-0.4, -0.2) is 38.0 Å². The van der Waals surface area contributed by atoms with Gasteiger partial charge in [0.05, 0.1) is 12.3 Å². The van der Waals surface area contributed by atoms with E-state index in [2.05, 4.69) is 33.9 Å². The molecule has 2 heterocycles. The zero-order valence-corrected chi connectivity index (χ0v) is 18.4. The molecule has 0 N–H and O–H groups in total. The molecule has 0 spiro atoms. The van der Waals surface area contributed by atoms with Gasteiger partial charge in [-0.05, 0) is 29.8 Å². The Morgan fingerprint density at radius 2 is 1.66 bits per heavy atom. The summed E-state index contributed by atoms with van der Waals surface area (Å²) in [5.74, 6) is 0.976. The van der Waals surface area contributed by atoms with Crippen molar-refractivity contribution in [2.75, 3.05) is 17.2 Å². The van der Waals surface area contributed by atoms with Crippen molar-refractivity contribution in [2.24, 2.45) is 0 Å². The summed E-state index contributed by atoms with van der Waals surface area (Å²) in [6, 6.07) is 23.6. The van der Waals surface area contributed by atoms with Gasteiger partial charge in [0.25, 0.3) is 0 Å². The van der Waals surface area contributed by atoms with Crippen molar-refractivity contribution in [3.05, 3.63) is 103 Å². The third kappa shape index (κ3) is 5.12. The smallest absolute Gasteiger partial charge is 0.237 e. The van der Waals surface area contributed by atoms with E-state index in [1.54, 1.807) is 23.4 Å². The van der Waals surface area contributed by atoms with E-state index < -0.39 is 0 Å². The number of para-hydroxylation sites is 1. The summed E-state index contributed by atoms with van der Waals surface area (Å²) in [6.45, 7) is 4.85. The lowest BCUT2D eigenvalue weighted by molar-refractivity contribution is -0.116. The molecule has 6 nitrogen and oxygen atoms in total. The number of carbonyl (C=O) groups excluding carboxylic acids is 1. The lowest BCUT2D eigenvalue weighted by atomic mass is 10.2. The second-order valence-corrected chi connectivity index (χ2v) is 7.97. The maximum absolute atomic E-state index is 13.0. The van der Waals surface area contributed by atoms with E-state index in [0.29, 0.717) is 18.2 Å². The first-order chi connectivity index (χ1) is 15.8. The van der Waals surface area contributed by atoms with Crippen LogP contribution in [0.2, 0.25) is 0 Å². The summed E-state index contributed by atoms with van der Waals surface area (Å²) < 4.78 is 2.04. The Morgan fingerprint density at radius 3 is 2.34 bits per heavy atom. The molecule has 2 aromatic carbocycles. The first-order valence-corrected chi connectivity index (χ1v) is 11.2. The normalized spacial score (nSPS) is 10.6. The van der Waals surface area contributed by atoms with Crippen LogP contribution in [0.3, 0.4) is 0 Å². The first-order valence-electron chi connectivity index (χ1n) is 10.2. The number of aromatic nitrogens is 4. The molecule has 2 aromatic heterocycles. The molecule has 4 aromatic rings. The van der Waals surface area contributed by atoms with Crippen molar-refractivity contribution in [1.29, 1.82) is 0 Å². The zero-order valence-electron chi connectivity index (χ0n) is 17.5. The minimum Gasteiger partial charge on any atom is -0.308 e. The van der Waals surface area contributed by atoms with Crippen LogP contribution in [-0.2, 0) is 11.3 Å². The number of nitrogens with zero attached hydrogens (tertiary/aromatic N) is 5. The van der Waals surface area contributed by atoms with Gasteiger partial charge >= 0.3 is 0 Å². The van der Waals surface area contributed by atoms with E-state index >= 15 is 0 Å². The summed E-state index contributed by atoms with van der Waals surface area (Å²) in [5.41, 5.74) is 2.91. The molecule has 0 aliphatic carbocycles. The highest BCUT2D eigenvalue weighted by molar-refractivity contribution is 7.99. The second-order valence-electron chi connectivity index (χ2n) is 7.03. The fourth-order valence-corrected chi connectivity index (χ4v) is 4.12. The molecular weight excluding hydrogens is 418 g/mol. The number of thioether (sulfide) groups is 1. The Labute approximate surface area is 191 Å². The topological polar surface area (TPSA) is 63.9 Å². The highest BCUT2D eigenvalue weighted by Gasteiger charge is 2.19. The van der Waals surface area contributed by atoms with Crippen molar-refractivity contribution in [3.63, 3.8) is 0 Å². The van der Waals surface area contributed by atoms with Crippen LogP contribution < -0.4 is 4.90 Å². The molecular formula is C25H23N5OS. The molecule has 0 saturated carbocycles. The first kappa shape index (κ1) is 21.5. The minimum absolute atomic E-state index is 0.0131. The van der Waals surface area contributed by atoms with Crippen LogP contribution in [0, 0.1) is 0 Å². The van der Waals surface area contributed by atoms with E-state index in [9.17, 15) is 4.79 Å². The van der Waals surface area contributed by atoms with E-state index in [4.69, 9.17) is 0 Å². The van der Waals surface area contributed by atoms with Gasteiger partial charge in [-0.3, -0.25) is 14.3 Å². The van der Waals surface area contributed by atoms with Gasteiger partial charge < -0.3 is 4.90 Å². The van der Waals surface area contributed by atoms with Crippen LogP contribution >= 0.6 is 11.8 Å². The summed E-state index contributed by atoms with van der Waals surface area (Å²) in [4.78, 5) is 18.9. The second kappa shape index (κ2) is 10.5. The van der Waals surface area contributed by atoms with Gasteiger partial charge in [-0.25, -0.2) is 0 Å². The van der Waals surface area contributed by atoms with Crippen molar-refractivity contribution in [2.45, 2.75) is 11.7 Å². The monoisotopic (exact) mass is 441 g/mol. The number of carbonyl (C=O) groups is 1. The number of rotatable bonds is 9. The van der Waals surface area contributed by atoms with Crippen molar-refractivity contribution >= 4 is 23.4 Å². The van der Waals surface area contributed by atoms with Crippen LogP contribution in [0.5, 0.6) is 0 Å². The van der Waals surface area contributed by atoms with Crippen molar-refractivity contribution in [3.8, 4) is 11.4 Å². The molecule has 1 amide bonds. The SMILES string of the molecule is C=CCN(C(=O)CSc1nnc(-c2ccncc2)n1Cc1ccccc1)c1ccccc1. The van der Waals surface area contributed by atoms with Crippen LogP contribution in [0.15, 0.2) is 103 Å². The quantitative estimate of drug-likeness (QED) is 0.278. The van der Waals surface area contributed by atoms with Gasteiger partial charge in [-0.1, -0.05) is 66.4 Å². The number of hydrogen-bond donors (Lipinski definition) is 0. The van der Waals surface area contributed by atoms with E-state index in [-0.39, 0.29) is 11.7 Å². The molecule has 32 heavy (non-hydrogen) atoms. The molecule has 0 atom stereocenters. The predicted molar refractivity (Wildman–Crippen MR) is 129 cm³/mol. The highest BCUT2D eigenvalue weighted by atomic mass is 32.2. The fourth-order valence-electron chi connectivity index (χ4n) is 3.31. The van der Waals surface area contributed by atoms with Crippen molar-refractivity contribution in [1.82, 2.24) is 19.7 Å². The molecule has 7 heteroatoms. The highest BCUT2D eigenvalue weighted by Crippen LogP contribution is 2.26. The molecule has 0 fully saturated rings. The predicted octanol–water partition coefficient (Wildman–Crippen LogP) is 4.70. The number of pyridine rings is 1. The summed E-state index contributed by atoms with van der Waals surface area (Å²) >= 11 is 1.39. The molecule has 0 radical (unpaired) electrons. The summed E-state index contributed by atoms with van der Waals surface area (Å²) in [5, 5.41) is 9.52. The summed E-state index contributed by atoms with van der Waals surface area (Å²) in [6.07, 6.45) is 5.20. The summed E-state index contributed by atoms with van der Waals surface area (Å²) in [7, 11) is 0. The third-order valence-electron chi connectivity index (χ3n) is 4.84. The van der Waals surface area contributed by atoms with Gasteiger partial charge in [0.15, 0.2) is 11.0 Å². The molecule has 0 aliphatic heterocycles. The van der Waals surface area contributed by atoms with Crippen LogP contribution in [0.4, 0.5) is 5.69 Å². The molecule has 0 unspecified atom stereocenters. The Bertz CT molecular complexity index is 1160. The number of amides is 1. The molecule has 0 aliphatic rings. The number of anilines is 1. The van der Waals surface area contributed by atoms with Gasteiger partial charge in [0.2, 0.25) is 5.91 Å². The minimum atomic E-state index is -0.0131. The zero-order chi connectivity index (χ0) is 22.2. The van der Waals surface area contributed by atoms with Crippen LogP contribution in [0.1, 0.15) is 5.56 Å². The molecule has 0 saturated heterocycles. The largest absolute Gasteiger partial charge is 0.308 e. The van der Waals surface area contributed by atoms with Gasteiger partial charge in [0, 0.05) is 30.2 Å². The van der Waals surface area contributed by atoms with E-state index in [0.717, 1.165) is 22.6 Å². The average molecular weight is 442 g/mol. The molecule has 4 rings (SSSR count). The Hall–Kier alpha value is -3.71. The van der Waals surface area contributed by atoms with E-state index in [1.165, 1.54) is 11.8 Å². The van der Waals surface area contributed by atoms with Gasteiger partial charge in [0.1, 0.15) is 0 Å². The number of benzene rings is 2. The Balaban J connectivity index is 1.58.